The van der Waals surface area contributed by atoms with E-state index in [0.717, 1.165) is 5.56 Å². The van der Waals surface area contributed by atoms with Crippen molar-refractivity contribution in [1.82, 2.24) is 4.90 Å². The minimum absolute atomic E-state index is 0.0543. The van der Waals surface area contributed by atoms with Crippen LogP contribution in [0.3, 0.4) is 0 Å². The Morgan fingerprint density at radius 2 is 2.32 bits per heavy atom. The van der Waals surface area contributed by atoms with Crippen molar-refractivity contribution in [2.24, 2.45) is 5.84 Å². The first-order valence-electron chi connectivity index (χ1n) is 5.81. The highest BCUT2D eigenvalue weighted by Gasteiger charge is 2.18. The largest absolute Gasteiger partial charge is 0.318 e. The molecule has 0 aliphatic heterocycles. The van der Waals surface area contributed by atoms with E-state index in [1.807, 2.05) is 18.9 Å². The van der Waals surface area contributed by atoms with Gasteiger partial charge in [-0.1, -0.05) is 12.1 Å². The van der Waals surface area contributed by atoms with E-state index < -0.39 is 4.92 Å². The van der Waals surface area contributed by atoms with Crippen LogP contribution < -0.4 is 11.3 Å². The van der Waals surface area contributed by atoms with Crippen LogP contribution in [0.15, 0.2) is 18.2 Å². The van der Waals surface area contributed by atoms with E-state index in [9.17, 15) is 10.1 Å². The van der Waals surface area contributed by atoms with E-state index in [2.05, 4.69) is 11.5 Å². The second kappa shape index (κ2) is 6.68. The summed E-state index contributed by atoms with van der Waals surface area (Å²) >= 11 is 0. The van der Waals surface area contributed by atoms with Crippen LogP contribution in [0.5, 0.6) is 0 Å². The molecule has 0 radical (unpaired) electrons. The average Bonchev–Trinajstić information content (AvgIpc) is 2.38. The number of nitrogens with zero attached hydrogens (tertiary/aromatic N) is 3. The number of hydrazine groups is 1. The summed E-state index contributed by atoms with van der Waals surface area (Å²) in [6.07, 6.45) is 0.400. The number of nitro groups is 1. The van der Waals surface area contributed by atoms with Crippen molar-refractivity contribution in [2.45, 2.75) is 25.9 Å². The first-order valence-corrected chi connectivity index (χ1v) is 5.81. The van der Waals surface area contributed by atoms with Crippen molar-refractivity contribution in [3.8, 4) is 6.07 Å². The number of hydrogen-bond acceptors (Lipinski definition) is 6. The number of nitro benzene ring substituents is 1. The molecule has 0 amide bonds. The fourth-order valence-corrected chi connectivity index (χ4v) is 1.75. The number of para-hydroxylation sites is 1. The van der Waals surface area contributed by atoms with Crippen molar-refractivity contribution in [3.05, 3.63) is 33.9 Å². The van der Waals surface area contributed by atoms with Crippen LogP contribution >= 0.6 is 0 Å². The number of rotatable bonds is 6. The van der Waals surface area contributed by atoms with Gasteiger partial charge in [-0.3, -0.25) is 20.9 Å². The molecule has 19 heavy (non-hydrogen) atoms. The third-order valence-electron chi connectivity index (χ3n) is 3.03. The van der Waals surface area contributed by atoms with Crippen molar-refractivity contribution >= 4 is 11.4 Å². The van der Waals surface area contributed by atoms with Gasteiger partial charge >= 0.3 is 0 Å². The highest BCUT2D eigenvalue weighted by Crippen LogP contribution is 2.28. The van der Waals surface area contributed by atoms with Crippen LogP contribution in [-0.4, -0.2) is 22.9 Å². The summed E-state index contributed by atoms with van der Waals surface area (Å²) in [5.74, 6) is 5.37. The molecular formula is C12H17N5O2. The highest BCUT2D eigenvalue weighted by atomic mass is 16.6. The summed E-state index contributed by atoms with van der Waals surface area (Å²) in [6.45, 7) is 2.40. The van der Waals surface area contributed by atoms with E-state index in [4.69, 9.17) is 11.1 Å². The topological polar surface area (TPSA) is 108 Å². The zero-order valence-electron chi connectivity index (χ0n) is 11.0. The normalized spacial score (nSPS) is 11.9. The molecule has 1 aromatic rings. The van der Waals surface area contributed by atoms with Gasteiger partial charge in [0.15, 0.2) is 0 Å². The monoisotopic (exact) mass is 263 g/mol. The molecule has 0 aliphatic rings. The molecule has 1 aromatic carbocycles. The third kappa shape index (κ3) is 3.64. The Labute approximate surface area is 111 Å². The standard InChI is InChI=1S/C12H17N5O2/c1-9(6-7-13)16(2)8-10-4-3-5-11(17(18)19)12(10)15-14/h3-5,9,15H,6,8,14H2,1-2H3. The maximum absolute atomic E-state index is 10.9. The zero-order valence-corrected chi connectivity index (χ0v) is 11.0. The summed E-state index contributed by atoms with van der Waals surface area (Å²) in [6, 6.07) is 6.96. The Hall–Kier alpha value is -2.17. The predicted octanol–water partition coefficient (Wildman–Crippen LogP) is 1.61. The van der Waals surface area contributed by atoms with Crippen LogP contribution in [-0.2, 0) is 6.54 Å². The molecule has 3 N–H and O–H groups in total. The molecule has 0 fully saturated rings. The number of benzene rings is 1. The number of nitrogens with one attached hydrogen (secondary N) is 1. The number of hydrogen-bond donors (Lipinski definition) is 2. The molecule has 7 heteroatoms. The molecule has 0 saturated heterocycles. The lowest BCUT2D eigenvalue weighted by molar-refractivity contribution is -0.384. The summed E-state index contributed by atoms with van der Waals surface area (Å²) < 4.78 is 0. The van der Waals surface area contributed by atoms with Crippen LogP contribution in [0.4, 0.5) is 11.4 Å². The van der Waals surface area contributed by atoms with Gasteiger partial charge in [0, 0.05) is 18.7 Å². The van der Waals surface area contributed by atoms with E-state index in [1.165, 1.54) is 6.07 Å². The van der Waals surface area contributed by atoms with Crippen molar-refractivity contribution < 1.29 is 4.92 Å². The molecule has 7 nitrogen and oxygen atoms in total. The van der Waals surface area contributed by atoms with Gasteiger partial charge in [-0.2, -0.15) is 5.26 Å². The Kier molecular flexibility index (Phi) is 5.23. The molecule has 102 valence electrons. The van der Waals surface area contributed by atoms with Gasteiger partial charge in [-0.05, 0) is 19.5 Å². The van der Waals surface area contributed by atoms with Gasteiger partial charge in [-0.15, -0.1) is 0 Å². The molecule has 0 aliphatic carbocycles. The first kappa shape index (κ1) is 14.9. The Morgan fingerprint density at radius 3 is 2.84 bits per heavy atom. The summed E-state index contributed by atoms with van der Waals surface area (Å²) in [4.78, 5) is 12.4. The lowest BCUT2D eigenvalue weighted by Crippen LogP contribution is -2.28. The zero-order chi connectivity index (χ0) is 14.4. The van der Waals surface area contributed by atoms with E-state index in [0.29, 0.717) is 18.7 Å². The van der Waals surface area contributed by atoms with E-state index >= 15 is 0 Å². The fourth-order valence-electron chi connectivity index (χ4n) is 1.75. The van der Waals surface area contributed by atoms with Crippen molar-refractivity contribution in [1.29, 1.82) is 5.26 Å². The smallest absolute Gasteiger partial charge is 0.293 e. The molecule has 0 heterocycles. The lowest BCUT2D eigenvalue weighted by Gasteiger charge is -2.23. The maximum Gasteiger partial charge on any atom is 0.293 e. The molecule has 0 spiro atoms. The van der Waals surface area contributed by atoms with Crippen LogP contribution in [0, 0.1) is 21.4 Å². The summed E-state index contributed by atoms with van der Waals surface area (Å²) in [5, 5.41) is 19.6. The second-order valence-corrected chi connectivity index (χ2v) is 4.34. The van der Waals surface area contributed by atoms with E-state index in [-0.39, 0.29) is 11.7 Å². The van der Waals surface area contributed by atoms with Gasteiger partial charge in [0.05, 0.1) is 17.4 Å². The minimum Gasteiger partial charge on any atom is -0.318 e. The first-order chi connectivity index (χ1) is 9.01. The third-order valence-corrected chi connectivity index (χ3v) is 3.03. The maximum atomic E-state index is 10.9. The van der Waals surface area contributed by atoms with E-state index in [1.54, 1.807) is 12.1 Å². The Morgan fingerprint density at radius 1 is 1.63 bits per heavy atom. The van der Waals surface area contributed by atoms with Crippen LogP contribution in [0.1, 0.15) is 18.9 Å². The minimum atomic E-state index is -0.475. The number of nitriles is 1. The molecular weight excluding hydrogens is 246 g/mol. The highest BCUT2D eigenvalue weighted by molar-refractivity contribution is 5.65. The van der Waals surface area contributed by atoms with Crippen LogP contribution in [0.2, 0.25) is 0 Å². The van der Waals surface area contributed by atoms with Crippen molar-refractivity contribution in [2.75, 3.05) is 12.5 Å². The van der Waals surface area contributed by atoms with Gasteiger partial charge in [0.25, 0.3) is 5.69 Å². The Balaban J connectivity index is 2.98. The van der Waals surface area contributed by atoms with Gasteiger partial charge in [0.1, 0.15) is 5.69 Å². The Bertz CT molecular complexity index is 497. The molecule has 1 unspecified atom stereocenters. The molecule has 0 aromatic heterocycles. The average molecular weight is 263 g/mol. The molecule has 1 rings (SSSR count). The fraction of sp³-hybridized carbons (Fsp3) is 0.417. The second-order valence-electron chi connectivity index (χ2n) is 4.34. The molecule has 1 atom stereocenters. The summed E-state index contributed by atoms with van der Waals surface area (Å²) in [5.41, 5.74) is 3.37. The SMILES string of the molecule is CC(CC#N)N(C)Cc1cccc([N+](=O)[O-])c1NN. The van der Waals surface area contributed by atoms with Crippen molar-refractivity contribution in [3.63, 3.8) is 0 Å². The predicted molar refractivity (Wildman–Crippen MR) is 72.1 cm³/mol. The van der Waals surface area contributed by atoms with Gasteiger partial charge in [0.2, 0.25) is 0 Å². The molecule has 0 saturated carbocycles. The van der Waals surface area contributed by atoms with Gasteiger partial charge in [-0.25, -0.2) is 0 Å². The number of nitrogens with two attached hydrogens (primary N) is 1. The van der Waals surface area contributed by atoms with Crippen LogP contribution in [0.25, 0.3) is 0 Å². The quantitative estimate of drug-likeness (QED) is 0.458. The van der Waals surface area contributed by atoms with Gasteiger partial charge < -0.3 is 5.43 Å². The number of nitrogen functional groups attached to an aromatic ring is 1. The number of anilines is 1. The summed E-state index contributed by atoms with van der Waals surface area (Å²) in [7, 11) is 1.86. The lowest BCUT2D eigenvalue weighted by atomic mass is 10.1. The molecule has 0 bridgehead atoms.